The summed E-state index contributed by atoms with van der Waals surface area (Å²) < 4.78 is 14.3. The number of hydrogen-bond acceptors (Lipinski definition) is 5. The standard InChI is InChI=1S/C42H45N6O6P/c43-39(49)37(21-29-23-45-35-17-9-7-15-33(29)35)47-41(51)31(19-27-11-3-1-4-12-27)25-55(53,54)26-32(20-28-13-5-2-6-14-28)42(52)48-38(40(44)50)22-30-24-46-36-18-10-8-16-34(30)36/h1-18,23-24,31-32,37-38,45-46H,19-22,25-26H2,(H2,43,49)(H2,44,50)(H,47,51)(H,48,52)(H,53,54)/t31?,32?,37-,38-/m0/s1. The average Bonchev–Trinajstić information content (AvgIpc) is 3.78. The predicted octanol–water partition coefficient (Wildman–Crippen LogP) is 4.36. The van der Waals surface area contributed by atoms with Gasteiger partial charge in [-0.25, -0.2) is 0 Å². The minimum Gasteiger partial charge on any atom is -0.368 e. The zero-order chi connectivity index (χ0) is 39.0. The molecule has 12 nitrogen and oxygen atoms in total. The van der Waals surface area contributed by atoms with Gasteiger partial charge in [0.15, 0.2) is 0 Å². The molecule has 0 spiro atoms. The molecule has 0 aliphatic heterocycles. The molecule has 4 amide bonds. The molecular formula is C42H45N6O6P. The molecule has 4 aromatic carbocycles. The molecule has 0 saturated heterocycles. The first kappa shape index (κ1) is 38.7. The van der Waals surface area contributed by atoms with Gasteiger partial charge in [0.1, 0.15) is 12.1 Å². The zero-order valence-corrected chi connectivity index (χ0v) is 31.1. The van der Waals surface area contributed by atoms with E-state index >= 15 is 0 Å². The van der Waals surface area contributed by atoms with Crippen molar-refractivity contribution in [2.45, 2.75) is 37.8 Å². The maximum absolute atomic E-state index is 14.3. The second-order valence-electron chi connectivity index (χ2n) is 14.0. The molecule has 6 rings (SSSR count). The Morgan fingerprint density at radius 2 is 0.927 bits per heavy atom. The van der Waals surface area contributed by atoms with Crippen molar-refractivity contribution in [2.75, 3.05) is 12.3 Å². The maximum Gasteiger partial charge on any atom is 0.240 e. The minimum absolute atomic E-state index is 0.0969. The van der Waals surface area contributed by atoms with Gasteiger partial charge in [0.2, 0.25) is 31.0 Å². The van der Waals surface area contributed by atoms with Gasteiger partial charge in [-0.2, -0.15) is 0 Å². The fraction of sp³-hybridized carbons (Fsp3) is 0.238. The number of rotatable bonds is 18. The number of carbonyl (C=O) groups excluding carboxylic acids is 4. The molecule has 0 aliphatic carbocycles. The Bertz CT molecular complexity index is 2160. The first-order chi connectivity index (χ1) is 26.5. The lowest BCUT2D eigenvalue weighted by Crippen LogP contribution is -2.49. The highest BCUT2D eigenvalue weighted by molar-refractivity contribution is 7.58. The first-order valence-corrected chi connectivity index (χ1v) is 20.2. The van der Waals surface area contributed by atoms with Crippen LogP contribution in [0.3, 0.4) is 0 Å². The summed E-state index contributed by atoms with van der Waals surface area (Å²) in [5.74, 6) is -4.83. The molecule has 9 N–H and O–H groups in total. The Labute approximate surface area is 318 Å². The van der Waals surface area contributed by atoms with Crippen molar-refractivity contribution in [3.8, 4) is 0 Å². The lowest BCUT2D eigenvalue weighted by Gasteiger charge is -2.26. The van der Waals surface area contributed by atoms with E-state index < -0.39 is 67.2 Å². The van der Waals surface area contributed by atoms with Gasteiger partial charge in [-0.05, 0) is 47.2 Å². The molecule has 0 fully saturated rings. The molecule has 2 aromatic heterocycles. The Morgan fingerprint density at radius 3 is 1.31 bits per heavy atom. The van der Waals surface area contributed by atoms with Crippen LogP contribution in [-0.4, -0.2) is 62.9 Å². The van der Waals surface area contributed by atoms with E-state index in [-0.39, 0.29) is 25.7 Å². The molecule has 6 aromatic rings. The number of nitrogens with one attached hydrogen (secondary N) is 4. The van der Waals surface area contributed by atoms with Gasteiger partial charge in [0.25, 0.3) is 0 Å². The summed E-state index contributed by atoms with van der Waals surface area (Å²) in [7, 11) is -4.26. The Balaban J connectivity index is 1.22. The maximum atomic E-state index is 14.3. The molecular weight excluding hydrogens is 715 g/mol. The van der Waals surface area contributed by atoms with E-state index in [1.165, 1.54) is 0 Å². The van der Waals surface area contributed by atoms with Crippen molar-refractivity contribution < 1.29 is 28.6 Å². The highest BCUT2D eigenvalue weighted by Crippen LogP contribution is 2.46. The number of carbonyl (C=O) groups is 4. The summed E-state index contributed by atoms with van der Waals surface area (Å²) in [6.07, 6.45) is 2.99. The Kier molecular flexibility index (Phi) is 12.3. The molecule has 13 heteroatoms. The topological polar surface area (TPSA) is 213 Å². The number of para-hydroxylation sites is 2. The molecule has 0 aliphatic rings. The fourth-order valence-corrected chi connectivity index (χ4v) is 9.22. The largest absolute Gasteiger partial charge is 0.368 e. The van der Waals surface area contributed by atoms with Crippen molar-refractivity contribution in [3.05, 3.63) is 144 Å². The number of aromatic amines is 2. The van der Waals surface area contributed by atoms with Crippen LogP contribution in [0.4, 0.5) is 0 Å². The monoisotopic (exact) mass is 760 g/mol. The van der Waals surface area contributed by atoms with Crippen LogP contribution in [-0.2, 0) is 49.4 Å². The highest BCUT2D eigenvalue weighted by atomic mass is 31.2. The highest BCUT2D eigenvalue weighted by Gasteiger charge is 2.36. The van der Waals surface area contributed by atoms with Crippen LogP contribution in [0.1, 0.15) is 22.3 Å². The summed E-state index contributed by atoms with van der Waals surface area (Å²) in [6, 6.07) is 31.0. The summed E-state index contributed by atoms with van der Waals surface area (Å²) in [6.45, 7) is 0. The number of fused-ring (bicyclic) bond motifs is 2. The fourth-order valence-electron chi connectivity index (χ4n) is 7.11. The number of nitrogens with two attached hydrogens (primary N) is 2. The van der Waals surface area contributed by atoms with Gasteiger partial charge in [-0.15, -0.1) is 0 Å². The van der Waals surface area contributed by atoms with Crippen molar-refractivity contribution in [1.82, 2.24) is 20.6 Å². The van der Waals surface area contributed by atoms with Gasteiger partial charge in [0, 0.05) is 59.4 Å². The van der Waals surface area contributed by atoms with Crippen LogP contribution < -0.4 is 22.1 Å². The lowest BCUT2D eigenvalue weighted by molar-refractivity contribution is -0.129. The summed E-state index contributed by atoms with van der Waals surface area (Å²) in [5, 5.41) is 7.28. The van der Waals surface area contributed by atoms with Crippen LogP contribution in [0.15, 0.2) is 122 Å². The van der Waals surface area contributed by atoms with Crippen LogP contribution in [0.2, 0.25) is 0 Å². The van der Waals surface area contributed by atoms with Gasteiger partial charge < -0.3 is 37.0 Å². The van der Waals surface area contributed by atoms with E-state index in [1.807, 2.05) is 84.9 Å². The summed E-state index contributed by atoms with van der Waals surface area (Å²) in [5.41, 5.74) is 16.3. The van der Waals surface area contributed by atoms with Crippen molar-refractivity contribution in [1.29, 1.82) is 0 Å². The third kappa shape index (κ3) is 10.2. The minimum atomic E-state index is -4.26. The number of aromatic nitrogens is 2. The van der Waals surface area contributed by atoms with Gasteiger partial charge in [0.05, 0.1) is 11.8 Å². The summed E-state index contributed by atoms with van der Waals surface area (Å²) in [4.78, 5) is 71.3. The van der Waals surface area contributed by atoms with Gasteiger partial charge in [-0.3, -0.25) is 23.7 Å². The van der Waals surface area contributed by atoms with E-state index in [1.54, 1.807) is 36.7 Å². The van der Waals surface area contributed by atoms with E-state index in [9.17, 15) is 28.6 Å². The molecule has 4 atom stereocenters. The number of H-pyrrole nitrogens is 2. The van der Waals surface area contributed by atoms with Crippen LogP contribution in [0.5, 0.6) is 0 Å². The van der Waals surface area contributed by atoms with Crippen molar-refractivity contribution >= 4 is 52.8 Å². The van der Waals surface area contributed by atoms with E-state index in [0.29, 0.717) is 0 Å². The quantitative estimate of drug-likeness (QED) is 0.0632. The van der Waals surface area contributed by atoms with Crippen LogP contribution >= 0.6 is 7.37 Å². The summed E-state index contributed by atoms with van der Waals surface area (Å²) >= 11 is 0. The second-order valence-corrected chi connectivity index (χ2v) is 16.5. The van der Waals surface area contributed by atoms with Crippen molar-refractivity contribution in [2.24, 2.45) is 23.3 Å². The number of hydrogen-bond donors (Lipinski definition) is 7. The third-order valence-electron chi connectivity index (χ3n) is 9.92. The molecule has 2 unspecified atom stereocenters. The van der Waals surface area contributed by atoms with E-state index in [2.05, 4.69) is 20.6 Å². The molecule has 55 heavy (non-hydrogen) atoms. The SMILES string of the molecule is NC(=O)[C@H](Cc1c[nH]c2ccccc12)NC(=O)C(Cc1ccccc1)CP(=O)(O)CC(Cc1ccccc1)C(=O)N[C@@H](Cc1c[nH]c2ccccc12)C(N)=O. The molecule has 284 valence electrons. The second kappa shape index (κ2) is 17.4. The number of amides is 4. The lowest BCUT2D eigenvalue weighted by atomic mass is 9.98. The normalized spacial score (nSPS) is 14.7. The van der Waals surface area contributed by atoms with Crippen LogP contribution in [0, 0.1) is 11.8 Å². The molecule has 0 radical (unpaired) electrons. The molecule has 2 heterocycles. The Hall–Kier alpha value is -5.97. The van der Waals surface area contributed by atoms with Gasteiger partial charge in [-0.1, -0.05) is 97.1 Å². The Morgan fingerprint density at radius 1 is 0.564 bits per heavy atom. The predicted molar refractivity (Wildman–Crippen MR) is 213 cm³/mol. The number of primary amides is 2. The van der Waals surface area contributed by atoms with E-state index in [0.717, 1.165) is 44.1 Å². The first-order valence-electron chi connectivity index (χ1n) is 18.1. The molecule has 0 saturated carbocycles. The van der Waals surface area contributed by atoms with Crippen LogP contribution in [0.25, 0.3) is 21.8 Å². The van der Waals surface area contributed by atoms with Gasteiger partial charge >= 0.3 is 0 Å². The number of benzene rings is 4. The van der Waals surface area contributed by atoms with E-state index in [4.69, 9.17) is 11.5 Å². The smallest absolute Gasteiger partial charge is 0.240 e. The van der Waals surface area contributed by atoms with Crippen molar-refractivity contribution in [3.63, 3.8) is 0 Å². The molecule has 0 bridgehead atoms. The average molecular weight is 761 g/mol. The third-order valence-corrected chi connectivity index (χ3v) is 11.9. The zero-order valence-electron chi connectivity index (χ0n) is 30.2.